The van der Waals surface area contributed by atoms with Crippen LogP contribution in [-0.4, -0.2) is 22.1 Å². The molecule has 21 heavy (non-hydrogen) atoms. The van der Waals surface area contributed by atoms with Crippen molar-refractivity contribution in [1.82, 2.24) is 10.2 Å². The van der Waals surface area contributed by atoms with E-state index >= 15 is 0 Å². The maximum atomic E-state index is 12.0. The zero-order valence-corrected chi connectivity index (χ0v) is 13.3. The van der Waals surface area contributed by atoms with E-state index in [1.165, 1.54) is 11.3 Å². The molecule has 0 aliphatic heterocycles. The molecular formula is C15H20N4OS. The van der Waals surface area contributed by atoms with Crippen LogP contribution in [0.3, 0.4) is 0 Å². The zero-order valence-electron chi connectivity index (χ0n) is 12.5. The van der Waals surface area contributed by atoms with Crippen LogP contribution in [-0.2, 0) is 4.79 Å². The largest absolute Gasteiger partial charge is 0.320 e. The summed E-state index contributed by atoms with van der Waals surface area (Å²) in [6.45, 7) is 6.00. The van der Waals surface area contributed by atoms with Crippen LogP contribution in [0.1, 0.15) is 25.8 Å². The Kier molecular flexibility index (Phi) is 5.03. The van der Waals surface area contributed by atoms with Gasteiger partial charge in [-0.1, -0.05) is 55.4 Å². The quantitative estimate of drug-likeness (QED) is 0.890. The first-order chi connectivity index (χ1) is 10.0. The minimum Gasteiger partial charge on any atom is -0.320 e. The Morgan fingerprint density at radius 2 is 2.19 bits per heavy atom. The predicted octanol–water partition coefficient (Wildman–Crippen LogP) is 2.83. The Morgan fingerprint density at radius 1 is 1.43 bits per heavy atom. The summed E-state index contributed by atoms with van der Waals surface area (Å²) in [7, 11) is 0. The lowest BCUT2D eigenvalue weighted by Crippen LogP contribution is -2.40. The van der Waals surface area contributed by atoms with E-state index in [1.54, 1.807) is 0 Å². The molecule has 0 unspecified atom stereocenters. The fourth-order valence-electron chi connectivity index (χ4n) is 1.87. The fraction of sp³-hybridized carbons (Fsp3) is 0.400. The highest BCUT2D eigenvalue weighted by molar-refractivity contribution is 7.18. The van der Waals surface area contributed by atoms with Gasteiger partial charge in [0.2, 0.25) is 11.0 Å². The highest BCUT2D eigenvalue weighted by atomic mass is 32.1. The van der Waals surface area contributed by atoms with Gasteiger partial charge >= 0.3 is 0 Å². The first-order valence-corrected chi connectivity index (χ1v) is 7.80. The van der Waals surface area contributed by atoms with Crippen LogP contribution in [0.25, 0.3) is 10.6 Å². The highest BCUT2D eigenvalue weighted by Gasteiger charge is 2.20. The lowest BCUT2D eigenvalue weighted by atomic mass is 10.00. The van der Waals surface area contributed by atoms with Crippen LogP contribution in [0, 0.1) is 12.8 Å². The summed E-state index contributed by atoms with van der Waals surface area (Å²) in [5.41, 5.74) is 8.06. The summed E-state index contributed by atoms with van der Waals surface area (Å²) >= 11 is 1.35. The molecule has 3 N–H and O–H groups in total. The normalized spacial score (nSPS) is 13.7. The monoisotopic (exact) mass is 304 g/mol. The Hall–Kier alpha value is -1.79. The smallest absolute Gasteiger partial charge is 0.243 e. The van der Waals surface area contributed by atoms with Gasteiger partial charge in [0.25, 0.3) is 0 Å². The van der Waals surface area contributed by atoms with Gasteiger partial charge in [0.05, 0.1) is 6.04 Å². The molecule has 1 aromatic carbocycles. The second kappa shape index (κ2) is 6.78. The molecule has 0 aliphatic rings. The number of rotatable bonds is 5. The summed E-state index contributed by atoms with van der Waals surface area (Å²) < 4.78 is 0. The second-order valence-corrected chi connectivity index (χ2v) is 6.16. The third kappa shape index (κ3) is 3.86. The maximum absolute atomic E-state index is 12.0. The third-order valence-electron chi connectivity index (χ3n) is 3.48. The number of hydrogen-bond donors (Lipinski definition) is 2. The average Bonchev–Trinajstić information content (AvgIpc) is 2.94. The lowest BCUT2D eigenvalue weighted by molar-refractivity contribution is -0.118. The molecule has 6 heteroatoms. The number of carbonyl (C=O) groups is 1. The van der Waals surface area contributed by atoms with Crippen molar-refractivity contribution in [2.24, 2.45) is 11.7 Å². The molecule has 2 rings (SSSR count). The number of nitrogens with zero attached hydrogens (tertiary/aromatic N) is 2. The van der Waals surface area contributed by atoms with Gasteiger partial charge in [-0.15, -0.1) is 10.2 Å². The predicted molar refractivity (Wildman–Crippen MR) is 86.1 cm³/mol. The molecule has 112 valence electrons. The topological polar surface area (TPSA) is 80.9 Å². The molecule has 0 radical (unpaired) electrons. The summed E-state index contributed by atoms with van der Waals surface area (Å²) in [6, 6.07) is 7.49. The number of amides is 1. The number of benzene rings is 1. The molecule has 0 aliphatic carbocycles. The molecule has 1 aromatic heterocycles. The zero-order chi connectivity index (χ0) is 15.4. The van der Waals surface area contributed by atoms with E-state index < -0.39 is 6.04 Å². The van der Waals surface area contributed by atoms with Crippen molar-refractivity contribution in [2.75, 3.05) is 5.32 Å². The highest BCUT2D eigenvalue weighted by Crippen LogP contribution is 2.27. The van der Waals surface area contributed by atoms with Gasteiger partial charge in [0, 0.05) is 5.56 Å². The van der Waals surface area contributed by atoms with Gasteiger partial charge in [-0.2, -0.15) is 0 Å². The van der Waals surface area contributed by atoms with Gasteiger partial charge in [0.1, 0.15) is 5.01 Å². The first kappa shape index (κ1) is 15.6. The standard InChI is InChI=1S/C15H20N4OS/c1-4-10(3)12(16)13(20)17-15-19-18-14(21-15)11-7-5-6-9(2)8-11/h5-8,10,12H,4,16H2,1-3H3,(H,17,19,20)/t10-,12-/m1/s1. The molecule has 5 nitrogen and oxygen atoms in total. The fourth-order valence-corrected chi connectivity index (χ4v) is 2.61. The number of aryl methyl sites for hydroxylation is 1. The van der Waals surface area contributed by atoms with Crippen molar-refractivity contribution in [2.45, 2.75) is 33.2 Å². The number of carbonyl (C=O) groups excluding carboxylic acids is 1. The number of hydrogen-bond acceptors (Lipinski definition) is 5. The van der Waals surface area contributed by atoms with Gasteiger partial charge in [-0.25, -0.2) is 0 Å². The Labute approximate surface area is 128 Å². The van der Waals surface area contributed by atoms with Gasteiger partial charge < -0.3 is 5.73 Å². The van der Waals surface area contributed by atoms with E-state index in [-0.39, 0.29) is 11.8 Å². The number of anilines is 1. The van der Waals surface area contributed by atoms with E-state index in [9.17, 15) is 4.79 Å². The third-order valence-corrected chi connectivity index (χ3v) is 4.37. The van der Waals surface area contributed by atoms with Crippen molar-refractivity contribution in [3.63, 3.8) is 0 Å². The van der Waals surface area contributed by atoms with E-state index in [1.807, 2.05) is 45.0 Å². The second-order valence-electron chi connectivity index (χ2n) is 5.18. The van der Waals surface area contributed by atoms with Crippen molar-refractivity contribution in [1.29, 1.82) is 0 Å². The van der Waals surface area contributed by atoms with Crippen molar-refractivity contribution >= 4 is 22.4 Å². The molecule has 2 atom stereocenters. The van der Waals surface area contributed by atoms with Gasteiger partial charge in [-0.3, -0.25) is 10.1 Å². The molecule has 0 bridgehead atoms. The minimum atomic E-state index is -0.527. The van der Waals surface area contributed by atoms with Gasteiger partial charge in [0.15, 0.2) is 0 Å². The van der Waals surface area contributed by atoms with Crippen LogP contribution in [0.5, 0.6) is 0 Å². The van der Waals surface area contributed by atoms with E-state index in [0.29, 0.717) is 5.13 Å². The molecular weight excluding hydrogens is 284 g/mol. The summed E-state index contributed by atoms with van der Waals surface area (Å²) in [5, 5.41) is 12.1. The number of nitrogens with one attached hydrogen (secondary N) is 1. The van der Waals surface area contributed by atoms with Crippen LogP contribution in [0.15, 0.2) is 24.3 Å². The molecule has 1 amide bonds. The van der Waals surface area contributed by atoms with Crippen molar-refractivity contribution in [3.05, 3.63) is 29.8 Å². The number of nitrogens with two attached hydrogens (primary N) is 1. The minimum absolute atomic E-state index is 0.133. The van der Waals surface area contributed by atoms with E-state index in [4.69, 9.17) is 5.73 Å². The van der Waals surface area contributed by atoms with Gasteiger partial charge in [-0.05, 0) is 18.9 Å². The molecule has 0 saturated carbocycles. The number of aromatic nitrogens is 2. The molecule has 0 fully saturated rings. The first-order valence-electron chi connectivity index (χ1n) is 6.98. The van der Waals surface area contributed by atoms with E-state index in [2.05, 4.69) is 15.5 Å². The Morgan fingerprint density at radius 3 is 2.86 bits per heavy atom. The summed E-state index contributed by atoms with van der Waals surface area (Å²) in [5.74, 6) is -0.0783. The molecule has 0 spiro atoms. The molecule has 1 heterocycles. The average molecular weight is 304 g/mol. The lowest BCUT2D eigenvalue weighted by Gasteiger charge is -2.16. The van der Waals surface area contributed by atoms with Crippen molar-refractivity contribution < 1.29 is 4.79 Å². The van der Waals surface area contributed by atoms with E-state index in [0.717, 1.165) is 22.6 Å². The summed E-state index contributed by atoms with van der Waals surface area (Å²) in [6.07, 6.45) is 0.860. The Bertz CT molecular complexity index is 626. The van der Waals surface area contributed by atoms with Crippen LogP contribution < -0.4 is 11.1 Å². The SMILES string of the molecule is CC[C@@H](C)[C@@H](N)C(=O)Nc1nnc(-c2cccc(C)c2)s1. The molecule has 0 saturated heterocycles. The molecule has 2 aromatic rings. The summed E-state index contributed by atoms with van der Waals surface area (Å²) in [4.78, 5) is 12.0. The van der Waals surface area contributed by atoms with Crippen LogP contribution in [0.4, 0.5) is 5.13 Å². The van der Waals surface area contributed by atoms with Crippen molar-refractivity contribution in [3.8, 4) is 10.6 Å². The van der Waals surface area contributed by atoms with Crippen LogP contribution >= 0.6 is 11.3 Å². The maximum Gasteiger partial charge on any atom is 0.243 e. The Balaban J connectivity index is 2.08. The van der Waals surface area contributed by atoms with Crippen LogP contribution in [0.2, 0.25) is 0 Å².